The Labute approximate surface area is 170 Å². The second-order valence-corrected chi connectivity index (χ2v) is 7.64. The minimum absolute atomic E-state index is 0.111. The highest BCUT2D eigenvalue weighted by Crippen LogP contribution is 2.26. The monoisotopic (exact) mass is 386 g/mol. The molecule has 146 valence electrons. The summed E-state index contributed by atoms with van der Waals surface area (Å²) < 4.78 is 5.41. The zero-order chi connectivity index (χ0) is 20.2. The highest BCUT2D eigenvalue weighted by molar-refractivity contribution is 5.82. The molecule has 1 amide bonds. The van der Waals surface area contributed by atoms with Crippen LogP contribution in [0.2, 0.25) is 0 Å². The molecule has 0 bridgehead atoms. The van der Waals surface area contributed by atoms with Gasteiger partial charge in [-0.05, 0) is 35.2 Å². The largest absolute Gasteiger partial charge is 0.379 e. The van der Waals surface area contributed by atoms with Gasteiger partial charge in [0.15, 0.2) is 0 Å². The number of nitrogens with zero attached hydrogens (tertiary/aromatic N) is 2. The lowest BCUT2D eigenvalue weighted by molar-refractivity contribution is -0.123. The van der Waals surface area contributed by atoms with Crippen molar-refractivity contribution in [2.75, 3.05) is 13.2 Å². The average Bonchev–Trinajstić information content (AvgIpc) is 3.36. The van der Waals surface area contributed by atoms with Gasteiger partial charge in [-0.1, -0.05) is 36.4 Å². The van der Waals surface area contributed by atoms with Crippen molar-refractivity contribution in [2.24, 2.45) is 5.92 Å². The van der Waals surface area contributed by atoms with Gasteiger partial charge in [-0.3, -0.25) is 4.79 Å². The molecule has 2 fully saturated rings. The standard InChI is InChI=1S/C23H22N4O2/c24-11-16-3-7-18(8-4-16)17-5-1-15(2-6-17)9-20(12-25)26-23(28)21-10-19-13-29-14-22(19)27-21/h1-8,19-22,27H,9-10,13-14H2,(H,26,28)/t19-,20+,21?,22?/m1/s1. The van der Waals surface area contributed by atoms with Crippen LogP contribution in [0.1, 0.15) is 17.5 Å². The van der Waals surface area contributed by atoms with Crippen molar-refractivity contribution >= 4 is 5.91 Å². The summed E-state index contributed by atoms with van der Waals surface area (Å²) in [6.45, 7) is 1.36. The van der Waals surface area contributed by atoms with Crippen LogP contribution in [0.3, 0.4) is 0 Å². The van der Waals surface area contributed by atoms with E-state index < -0.39 is 6.04 Å². The van der Waals surface area contributed by atoms with E-state index in [0.29, 0.717) is 31.1 Å². The van der Waals surface area contributed by atoms with Crippen LogP contribution in [0.4, 0.5) is 0 Å². The van der Waals surface area contributed by atoms with E-state index >= 15 is 0 Å². The number of carbonyl (C=O) groups is 1. The van der Waals surface area contributed by atoms with Gasteiger partial charge in [-0.25, -0.2) is 0 Å². The van der Waals surface area contributed by atoms with Crippen LogP contribution in [0.15, 0.2) is 48.5 Å². The maximum atomic E-state index is 12.5. The second-order valence-electron chi connectivity index (χ2n) is 7.64. The molecule has 2 aromatic rings. The van der Waals surface area contributed by atoms with Crippen LogP contribution >= 0.6 is 0 Å². The molecule has 2 aromatic carbocycles. The lowest BCUT2D eigenvalue weighted by atomic mass is 10.00. The lowest BCUT2D eigenvalue weighted by Gasteiger charge is -2.17. The zero-order valence-corrected chi connectivity index (χ0v) is 16.0. The van der Waals surface area contributed by atoms with Crippen molar-refractivity contribution < 1.29 is 9.53 Å². The van der Waals surface area contributed by atoms with Gasteiger partial charge in [0.05, 0.1) is 37.0 Å². The van der Waals surface area contributed by atoms with Gasteiger partial charge in [0.25, 0.3) is 0 Å². The molecule has 0 saturated carbocycles. The van der Waals surface area contributed by atoms with Crippen molar-refractivity contribution in [3.63, 3.8) is 0 Å². The predicted molar refractivity (Wildman–Crippen MR) is 107 cm³/mol. The Morgan fingerprint density at radius 2 is 1.79 bits per heavy atom. The van der Waals surface area contributed by atoms with Gasteiger partial charge in [0.2, 0.25) is 5.91 Å². The molecule has 0 aromatic heterocycles. The summed E-state index contributed by atoms with van der Waals surface area (Å²) in [6.07, 6.45) is 1.21. The summed E-state index contributed by atoms with van der Waals surface area (Å²) in [4.78, 5) is 12.5. The number of rotatable bonds is 5. The van der Waals surface area contributed by atoms with Crippen LogP contribution in [-0.4, -0.2) is 37.2 Å². The van der Waals surface area contributed by atoms with Crippen molar-refractivity contribution in [2.45, 2.75) is 31.0 Å². The minimum atomic E-state index is -0.568. The van der Waals surface area contributed by atoms with Crippen molar-refractivity contribution in [3.8, 4) is 23.3 Å². The normalized spacial score (nSPS) is 23.6. The minimum Gasteiger partial charge on any atom is -0.379 e. The summed E-state index contributed by atoms with van der Waals surface area (Å²) in [7, 11) is 0. The van der Waals surface area contributed by atoms with E-state index in [1.54, 1.807) is 12.1 Å². The fraction of sp³-hybridized carbons (Fsp3) is 0.348. The Balaban J connectivity index is 1.35. The van der Waals surface area contributed by atoms with Gasteiger partial charge in [-0.2, -0.15) is 10.5 Å². The van der Waals surface area contributed by atoms with Gasteiger partial charge in [0.1, 0.15) is 6.04 Å². The molecule has 0 radical (unpaired) electrons. The first-order valence-corrected chi connectivity index (χ1v) is 9.79. The fourth-order valence-electron chi connectivity index (χ4n) is 4.03. The highest BCUT2D eigenvalue weighted by Gasteiger charge is 2.40. The Morgan fingerprint density at radius 3 is 2.41 bits per heavy atom. The Kier molecular flexibility index (Phi) is 5.57. The number of nitrogens with one attached hydrogen (secondary N) is 2. The number of carbonyl (C=O) groups excluding carboxylic acids is 1. The summed E-state index contributed by atoms with van der Waals surface area (Å²) in [6, 6.07) is 19.1. The van der Waals surface area contributed by atoms with Crippen molar-refractivity contribution in [1.29, 1.82) is 10.5 Å². The molecule has 6 nitrogen and oxygen atoms in total. The molecular weight excluding hydrogens is 364 g/mol. The third kappa shape index (κ3) is 4.30. The van der Waals surface area contributed by atoms with E-state index in [9.17, 15) is 10.1 Å². The second kappa shape index (κ2) is 8.45. The summed E-state index contributed by atoms with van der Waals surface area (Å²) >= 11 is 0. The molecule has 2 saturated heterocycles. The molecule has 4 atom stereocenters. The van der Waals surface area contributed by atoms with Crippen LogP contribution < -0.4 is 10.6 Å². The van der Waals surface area contributed by atoms with E-state index in [4.69, 9.17) is 10.00 Å². The quantitative estimate of drug-likeness (QED) is 0.821. The molecular formula is C23H22N4O2. The predicted octanol–water partition coefficient (Wildman–Crippen LogP) is 2.15. The van der Waals surface area contributed by atoms with Crippen molar-refractivity contribution in [1.82, 2.24) is 10.6 Å². The topological polar surface area (TPSA) is 97.9 Å². The number of nitriles is 2. The van der Waals surface area contributed by atoms with Gasteiger partial charge in [-0.15, -0.1) is 0 Å². The van der Waals surface area contributed by atoms with Gasteiger partial charge in [0, 0.05) is 18.4 Å². The van der Waals surface area contributed by atoms with Crippen molar-refractivity contribution in [3.05, 3.63) is 59.7 Å². The highest BCUT2D eigenvalue weighted by atomic mass is 16.5. The van der Waals surface area contributed by atoms with Crippen LogP contribution in [0, 0.1) is 28.6 Å². The molecule has 6 heteroatoms. The molecule has 0 aliphatic carbocycles. The molecule has 0 spiro atoms. The summed E-state index contributed by atoms with van der Waals surface area (Å²) in [5.74, 6) is 0.279. The Bertz CT molecular complexity index is 944. The number of benzene rings is 2. The maximum absolute atomic E-state index is 12.5. The van der Waals surface area contributed by atoms with E-state index in [2.05, 4.69) is 22.8 Å². The summed E-state index contributed by atoms with van der Waals surface area (Å²) in [5.41, 5.74) is 3.69. The number of fused-ring (bicyclic) bond motifs is 1. The number of hydrogen-bond acceptors (Lipinski definition) is 5. The smallest absolute Gasteiger partial charge is 0.238 e. The molecule has 4 rings (SSSR count). The molecule has 29 heavy (non-hydrogen) atoms. The molecule has 2 N–H and O–H groups in total. The summed E-state index contributed by atoms with van der Waals surface area (Å²) in [5, 5.41) is 24.6. The number of amides is 1. The Hall–Kier alpha value is -3.19. The van der Waals surface area contributed by atoms with Gasteiger partial charge >= 0.3 is 0 Å². The third-order valence-corrected chi connectivity index (χ3v) is 5.68. The van der Waals surface area contributed by atoms with Crippen LogP contribution in [0.25, 0.3) is 11.1 Å². The number of hydrogen-bond donors (Lipinski definition) is 2. The first kappa shape index (κ1) is 19.1. The van der Waals surface area contributed by atoms with Gasteiger partial charge < -0.3 is 15.4 Å². The first-order valence-electron chi connectivity index (χ1n) is 9.79. The molecule has 2 unspecified atom stereocenters. The third-order valence-electron chi connectivity index (χ3n) is 5.68. The van der Waals surface area contributed by atoms with E-state index in [-0.39, 0.29) is 18.0 Å². The average molecular weight is 386 g/mol. The van der Waals surface area contributed by atoms with E-state index in [1.807, 2.05) is 36.4 Å². The fourth-order valence-corrected chi connectivity index (χ4v) is 4.03. The molecule has 2 aliphatic heterocycles. The first-order chi connectivity index (χ1) is 14.2. The van der Waals surface area contributed by atoms with Crippen LogP contribution in [0.5, 0.6) is 0 Å². The van der Waals surface area contributed by atoms with E-state index in [0.717, 1.165) is 23.1 Å². The maximum Gasteiger partial charge on any atom is 0.238 e. The molecule has 2 aliphatic rings. The SMILES string of the molecule is N#Cc1ccc(-c2ccc(C[C@@H](C#N)NC(=O)C3C[C@@H]4COCC4N3)cc2)cc1. The zero-order valence-electron chi connectivity index (χ0n) is 16.0. The number of ether oxygens (including phenoxy) is 1. The van der Waals surface area contributed by atoms with E-state index in [1.165, 1.54) is 0 Å². The van der Waals surface area contributed by atoms with Crippen LogP contribution in [-0.2, 0) is 16.0 Å². The Morgan fingerprint density at radius 1 is 1.10 bits per heavy atom. The molecule has 2 heterocycles. The lowest BCUT2D eigenvalue weighted by Crippen LogP contribution is -2.47.